The van der Waals surface area contributed by atoms with Crippen molar-refractivity contribution < 1.29 is 9.47 Å². The third-order valence-electron chi connectivity index (χ3n) is 2.91. The van der Waals surface area contributed by atoms with Crippen LogP contribution in [0.25, 0.3) is 0 Å². The van der Waals surface area contributed by atoms with Crippen LogP contribution in [0.5, 0.6) is 0 Å². The van der Waals surface area contributed by atoms with Gasteiger partial charge in [0.05, 0.1) is 0 Å². The number of rotatable bonds is 11. The summed E-state index contributed by atoms with van der Waals surface area (Å²) >= 11 is 0. The summed E-state index contributed by atoms with van der Waals surface area (Å²) in [6.07, 6.45) is 2.27. The Morgan fingerprint density at radius 2 is 1.10 bits per heavy atom. The van der Waals surface area contributed by atoms with Crippen LogP contribution in [0.4, 0.5) is 0 Å². The Morgan fingerprint density at radius 1 is 0.800 bits per heavy atom. The summed E-state index contributed by atoms with van der Waals surface area (Å²) in [5, 5.41) is 0. The first-order valence-corrected chi connectivity index (χ1v) is 14.0. The Kier molecular flexibility index (Phi) is 11.4. The molecule has 2 unspecified atom stereocenters. The van der Waals surface area contributed by atoms with Crippen LogP contribution in [-0.2, 0) is 9.47 Å². The lowest BCUT2D eigenvalue weighted by Crippen LogP contribution is -2.24. The first-order chi connectivity index (χ1) is 9.12. The Hall–Kier alpha value is 1.75. The summed E-state index contributed by atoms with van der Waals surface area (Å²) in [6.45, 7) is 9.24. The molecular weight excluding hydrogens is 361 g/mol. The van der Waals surface area contributed by atoms with E-state index in [1.807, 2.05) is 55.5 Å². The van der Waals surface area contributed by atoms with Gasteiger partial charge in [-0.2, -0.15) is 0 Å². The molecule has 0 heterocycles. The molecule has 0 spiro atoms. The molecule has 0 rings (SSSR count). The fourth-order valence-electron chi connectivity index (χ4n) is 1.83. The van der Waals surface area contributed by atoms with Gasteiger partial charge in [0.25, 0.3) is 0 Å². The molecule has 0 saturated heterocycles. The van der Waals surface area contributed by atoms with Crippen molar-refractivity contribution >= 4 is 61.7 Å². The van der Waals surface area contributed by atoms with Crippen molar-refractivity contribution in [2.24, 2.45) is 0 Å². The molecule has 2 nitrogen and oxygen atoms in total. The maximum absolute atomic E-state index is 5.42. The van der Waals surface area contributed by atoms with Crippen molar-refractivity contribution in [1.29, 1.82) is 0 Å². The maximum Gasteiger partial charge on any atom is 0.0394 e. The minimum atomic E-state index is 0.275. The maximum atomic E-state index is 5.42. The fraction of sp³-hybridized carbons (Fsp3) is 1.00. The van der Waals surface area contributed by atoms with Crippen molar-refractivity contribution in [2.75, 3.05) is 14.2 Å². The van der Waals surface area contributed by atoms with Gasteiger partial charge in [-0.15, -0.1) is 0 Å². The van der Waals surface area contributed by atoms with Crippen LogP contribution in [-0.4, -0.2) is 55.7 Å². The van der Waals surface area contributed by atoms with Crippen LogP contribution in [0.1, 0.15) is 40.5 Å². The van der Waals surface area contributed by atoms with Crippen LogP contribution >= 0.6 is 41.2 Å². The molecule has 8 heteroatoms. The van der Waals surface area contributed by atoms with Crippen LogP contribution in [0.2, 0.25) is 0 Å². The van der Waals surface area contributed by atoms with Crippen LogP contribution in [0.3, 0.4) is 0 Å². The molecule has 2 atom stereocenters. The summed E-state index contributed by atoms with van der Waals surface area (Å²) in [7, 11) is 13.6. The highest BCUT2D eigenvalue weighted by Gasteiger charge is 2.25. The monoisotopic (exact) mass is 390 g/mol. The summed E-state index contributed by atoms with van der Waals surface area (Å²) < 4.78 is 11.4. The quantitative estimate of drug-likeness (QED) is 0.304. The van der Waals surface area contributed by atoms with Gasteiger partial charge in [-0.25, -0.2) is 0 Å². The zero-order valence-corrected chi connectivity index (χ0v) is 21.3. The van der Waals surface area contributed by atoms with Gasteiger partial charge in [0, 0.05) is 55.7 Å². The Labute approximate surface area is 146 Å². The summed E-state index contributed by atoms with van der Waals surface area (Å²) in [4.78, 5) is 0. The van der Waals surface area contributed by atoms with E-state index in [9.17, 15) is 0 Å². The SMILES string of the molecule is COC([SiH3])CC(C)(C)SSSSC(C)(C)CC([SiH3])OC. The van der Waals surface area contributed by atoms with Gasteiger partial charge in [-0.1, -0.05) is 21.6 Å². The molecule has 0 aromatic carbocycles. The minimum Gasteiger partial charge on any atom is -0.386 e. The fourth-order valence-corrected chi connectivity index (χ4v) is 12.5. The van der Waals surface area contributed by atoms with Gasteiger partial charge in [0.15, 0.2) is 0 Å². The lowest BCUT2D eigenvalue weighted by molar-refractivity contribution is 0.152. The second kappa shape index (κ2) is 10.5. The Bertz CT molecular complexity index is 242. The normalized spacial score (nSPS) is 16.5. The van der Waals surface area contributed by atoms with Gasteiger partial charge in [0.1, 0.15) is 0 Å². The zero-order valence-electron chi connectivity index (χ0n) is 14.0. The van der Waals surface area contributed by atoms with E-state index in [1.54, 1.807) is 0 Å². The molecule has 20 heavy (non-hydrogen) atoms. The third-order valence-corrected chi connectivity index (χ3v) is 12.6. The highest BCUT2D eigenvalue weighted by Crippen LogP contribution is 2.53. The zero-order chi connectivity index (χ0) is 15.8. The smallest absolute Gasteiger partial charge is 0.0394 e. The van der Waals surface area contributed by atoms with E-state index in [0.29, 0.717) is 11.5 Å². The largest absolute Gasteiger partial charge is 0.386 e. The predicted molar refractivity (Wildman–Crippen MR) is 109 cm³/mol. The number of methoxy groups -OCH3 is 2. The van der Waals surface area contributed by atoms with E-state index in [-0.39, 0.29) is 9.49 Å². The molecule has 0 aromatic rings. The summed E-state index contributed by atoms with van der Waals surface area (Å²) in [6, 6.07) is 0. The summed E-state index contributed by atoms with van der Waals surface area (Å²) in [5.74, 6) is 0. The summed E-state index contributed by atoms with van der Waals surface area (Å²) in [5.41, 5.74) is 0.916. The first-order valence-electron chi connectivity index (χ1n) is 6.87. The van der Waals surface area contributed by atoms with E-state index in [0.717, 1.165) is 33.3 Å². The predicted octanol–water partition coefficient (Wildman–Crippen LogP) is 2.68. The molecule has 0 bridgehead atoms. The van der Waals surface area contributed by atoms with E-state index < -0.39 is 0 Å². The Balaban J connectivity index is 3.94. The third kappa shape index (κ3) is 11.3. The highest BCUT2D eigenvalue weighted by atomic mass is 33.7. The van der Waals surface area contributed by atoms with Crippen LogP contribution < -0.4 is 0 Å². The molecule has 0 aliphatic rings. The molecule has 0 aliphatic heterocycles. The molecule has 122 valence electrons. The average Bonchev–Trinajstić information content (AvgIpc) is 2.33. The van der Waals surface area contributed by atoms with Crippen molar-refractivity contribution in [3.63, 3.8) is 0 Å². The van der Waals surface area contributed by atoms with Gasteiger partial charge < -0.3 is 9.47 Å². The van der Waals surface area contributed by atoms with Crippen molar-refractivity contribution in [1.82, 2.24) is 0 Å². The van der Waals surface area contributed by atoms with E-state index >= 15 is 0 Å². The lowest BCUT2D eigenvalue weighted by Gasteiger charge is -2.28. The molecule has 0 aliphatic carbocycles. The van der Waals surface area contributed by atoms with E-state index in [1.165, 1.54) is 0 Å². The second-order valence-electron chi connectivity index (χ2n) is 6.32. The van der Waals surface area contributed by atoms with Gasteiger partial charge in [-0.05, 0) is 60.2 Å². The number of ether oxygens (including phenoxy) is 2. The molecular formula is C12H30O2S4Si2. The van der Waals surface area contributed by atoms with E-state index in [4.69, 9.17) is 9.47 Å². The van der Waals surface area contributed by atoms with Crippen molar-refractivity contribution in [2.45, 2.75) is 61.5 Å². The average molecular weight is 391 g/mol. The molecule has 0 N–H and O–H groups in total. The van der Waals surface area contributed by atoms with Crippen LogP contribution in [0, 0.1) is 0 Å². The highest BCUT2D eigenvalue weighted by molar-refractivity contribution is 9.26. The molecule has 0 amide bonds. The van der Waals surface area contributed by atoms with Crippen LogP contribution in [0.15, 0.2) is 0 Å². The number of hydrogen-bond acceptors (Lipinski definition) is 6. The Morgan fingerprint density at radius 3 is 1.35 bits per heavy atom. The van der Waals surface area contributed by atoms with Gasteiger partial charge in [0.2, 0.25) is 0 Å². The van der Waals surface area contributed by atoms with E-state index in [2.05, 4.69) is 27.7 Å². The number of hydrogen-bond donors (Lipinski definition) is 0. The standard InChI is InChI=1S/C12H30O2S4Si2/c1-11(2,7-9(19)13-5)15-17-18-16-12(3,4)8-10(20)14-6/h9-10H,7-8H2,1-6,19-20H3. The lowest BCUT2D eigenvalue weighted by atomic mass is 10.1. The molecule has 0 radical (unpaired) electrons. The second-order valence-corrected chi connectivity index (χ2v) is 16.0. The molecule has 0 saturated carbocycles. The topological polar surface area (TPSA) is 18.5 Å². The molecule has 0 fully saturated rings. The molecule has 0 aromatic heterocycles. The van der Waals surface area contributed by atoms with Crippen molar-refractivity contribution in [3.05, 3.63) is 0 Å². The van der Waals surface area contributed by atoms with Gasteiger partial charge >= 0.3 is 0 Å². The van der Waals surface area contributed by atoms with Crippen molar-refractivity contribution in [3.8, 4) is 0 Å². The van der Waals surface area contributed by atoms with Gasteiger partial charge in [-0.3, -0.25) is 0 Å². The first kappa shape index (κ1) is 21.8. The minimum absolute atomic E-state index is 0.275.